The number of carbonyl (C=O) groups is 1. The van der Waals surface area contributed by atoms with Gasteiger partial charge in [0.15, 0.2) is 0 Å². The predicted molar refractivity (Wildman–Crippen MR) is 88.1 cm³/mol. The van der Waals surface area contributed by atoms with Crippen molar-refractivity contribution in [1.82, 2.24) is 26.1 Å². The Labute approximate surface area is 153 Å². The van der Waals surface area contributed by atoms with E-state index < -0.39 is 30.6 Å². The second-order valence-electron chi connectivity index (χ2n) is 7.22. The Balaban J connectivity index is 1.65. The van der Waals surface area contributed by atoms with Crippen molar-refractivity contribution in [2.75, 3.05) is 19.6 Å². The fourth-order valence-corrected chi connectivity index (χ4v) is 4.53. The number of alkyl halides is 3. The molecule has 10 heteroatoms. The monoisotopic (exact) mass is 380 g/mol. The Morgan fingerprint density at radius 3 is 2.89 bits per heavy atom. The molecule has 0 bridgehead atoms. The van der Waals surface area contributed by atoms with E-state index >= 15 is 0 Å². The smallest absolute Gasteiger partial charge is 0.329 e. The SMILES string of the molecule is N#Cc1cccnc1C1CNC2C3NNCC3C(=O)N(CC(F)(F)F)C2C1. The normalized spacial score (nSPS) is 33.3. The lowest BCUT2D eigenvalue weighted by Crippen LogP contribution is -2.71. The zero-order valence-electron chi connectivity index (χ0n) is 14.3. The molecule has 27 heavy (non-hydrogen) atoms. The molecule has 0 saturated carbocycles. The van der Waals surface area contributed by atoms with Crippen LogP contribution in [0.15, 0.2) is 18.3 Å². The van der Waals surface area contributed by atoms with E-state index in [9.17, 15) is 23.2 Å². The molecule has 1 aromatic heterocycles. The first-order valence-electron chi connectivity index (χ1n) is 8.83. The van der Waals surface area contributed by atoms with Crippen LogP contribution in [0.25, 0.3) is 0 Å². The van der Waals surface area contributed by atoms with Gasteiger partial charge in [0.1, 0.15) is 12.6 Å². The number of piperidine rings is 2. The van der Waals surface area contributed by atoms with Crippen LogP contribution in [0.3, 0.4) is 0 Å². The molecule has 0 spiro atoms. The zero-order valence-corrected chi connectivity index (χ0v) is 14.3. The highest BCUT2D eigenvalue weighted by atomic mass is 19.4. The van der Waals surface area contributed by atoms with Gasteiger partial charge in [-0.2, -0.15) is 18.4 Å². The summed E-state index contributed by atoms with van der Waals surface area (Å²) in [5.74, 6) is -1.25. The number of carbonyl (C=O) groups excluding carboxylic acids is 1. The van der Waals surface area contributed by atoms with E-state index in [0.717, 1.165) is 4.90 Å². The zero-order chi connectivity index (χ0) is 19.2. The van der Waals surface area contributed by atoms with Crippen LogP contribution in [0, 0.1) is 17.2 Å². The summed E-state index contributed by atoms with van der Waals surface area (Å²) in [6.07, 6.45) is -2.57. The third-order valence-corrected chi connectivity index (χ3v) is 5.65. The van der Waals surface area contributed by atoms with Crippen molar-refractivity contribution < 1.29 is 18.0 Å². The molecule has 5 atom stereocenters. The molecule has 0 radical (unpaired) electrons. The van der Waals surface area contributed by atoms with E-state index in [2.05, 4.69) is 27.2 Å². The minimum atomic E-state index is -4.47. The van der Waals surface area contributed by atoms with Gasteiger partial charge in [-0.1, -0.05) is 0 Å². The van der Waals surface area contributed by atoms with Crippen molar-refractivity contribution in [3.8, 4) is 6.07 Å². The fourth-order valence-electron chi connectivity index (χ4n) is 4.53. The van der Waals surface area contributed by atoms with Crippen LogP contribution in [0.4, 0.5) is 13.2 Å². The number of hydrazine groups is 1. The molecule has 3 aliphatic heterocycles. The second-order valence-corrected chi connectivity index (χ2v) is 7.22. The lowest BCUT2D eigenvalue weighted by molar-refractivity contribution is -0.176. The first-order chi connectivity index (χ1) is 12.9. The quantitative estimate of drug-likeness (QED) is 0.682. The largest absolute Gasteiger partial charge is 0.406 e. The number of aromatic nitrogens is 1. The molecular formula is C17H19F3N6O. The number of hydrogen-bond donors (Lipinski definition) is 3. The number of amides is 1. The van der Waals surface area contributed by atoms with Crippen LogP contribution in [0.5, 0.6) is 0 Å². The lowest BCUT2D eigenvalue weighted by atomic mass is 9.76. The van der Waals surface area contributed by atoms with Gasteiger partial charge in [-0.15, -0.1) is 0 Å². The average Bonchev–Trinajstić information content (AvgIpc) is 3.14. The summed E-state index contributed by atoms with van der Waals surface area (Å²) in [7, 11) is 0. The van der Waals surface area contributed by atoms with Crippen molar-refractivity contribution in [3.63, 3.8) is 0 Å². The van der Waals surface area contributed by atoms with Gasteiger partial charge in [-0.05, 0) is 18.6 Å². The number of rotatable bonds is 2. The van der Waals surface area contributed by atoms with Crippen LogP contribution in [0.1, 0.15) is 23.6 Å². The molecule has 3 N–H and O–H groups in total. The topological polar surface area (TPSA) is 93.1 Å². The van der Waals surface area contributed by atoms with E-state index in [-0.39, 0.29) is 18.0 Å². The summed E-state index contributed by atoms with van der Waals surface area (Å²) < 4.78 is 39.5. The van der Waals surface area contributed by atoms with Gasteiger partial charge in [0.25, 0.3) is 0 Å². The highest BCUT2D eigenvalue weighted by molar-refractivity contribution is 5.82. The van der Waals surface area contributed by atoms with E-state index in [1.54, 1.807) is 18.3 Å². The third kappa shape index (κ3) is 3.26. The summed E-state index contributed by atoms with van der Waals surface area (Å²) in [6.45, 7) is -0.464. The highest BCUT2D eigenvalue weighted by Crippen LogP contribution is 2.37. The number of likely N-dealkylation sites (tertiary alicyclic amines) is 1. The second kappa shape index (κ2) is 6.74. The molecule has 4 rings (SSSR count). The Hall–Kier alpha value is -2.22. The van der Waals surface area contributed by atoms with Gasteiger partial charge >= 0.3 is 6.18 Å². The average molecular weight is 380 g/mol. The van der Waals surface area contributed by atoms with E-state index in [0.29, 0.717) is 30.8 Å². The molecule has 7 nitrogen and oxygen atoms in total. The molecular weight excluding hydrogens is 361 g/mol. The number of fused-ring (bicyclic) bond motifs is 3. The maximum Gasteiger partial charge on any atom is 0.406 e. The predicted octanol–water partition coefficient (Wildman–Crippen LogP) is 0.264. The van der Waals surface area contributed by atoms with Crippen molar-refractivity contribution in [3.05, 3.63) is 29.6 Å². The maximum atomic E-state index is 13.2. The lowest BCUT2D eigenvalue weighted by Gasteiger charge is -2.50. The minimum Gasteiger partial charge on any atom is -0.329 e. The number of halogens is 3. The molecule has 5 unspecified atom stereocenters. The molecule has 3 fully saturated rings. The van der Waals surface area contributed by atoms with E-state index in [4.69, 9.17) is 0 Å². The summed E-state index contributed by atoms with van der Waals surface area (Å²) >= 11 is 0. The number of hydrogen-bond acceptors (Lipinski definition) is 6. The van der Waals surface area contributed by atoms with Crippen molar-refractivity contribution >= 4 is 5.91 Å². The van der Waals surface area contributed by atoms with Crippen LogP contribution >= 0.6 is 0 Å². The van der Waals surface area contributed by atoms with Crippen molar-refractivity contribution in [2.45, 2.75) is 36.6 Å². The van der Waals surface area contributed by atoms with Crippen molar-refractivity contribution in [1.29, 1.82) is 5.26 Å². The van der Waals surface area contributed by atoms with Gasteiger partial charge in [-0.3, -0.25) is 20.6 Å². The molecule has 3 saturated heterocycles. The van der Waals surface area contributed by atoms with Crippen LogP contribution in [0.2, 0.25) is 0 Å². The molecule has 0 aromatic carbocycles. The van der Waals surface area contributed by atoms with Crippen LogP contribution in [-0.4, -0.2) is 59.7 Å². The maximum absolute atomic E-state index is 13.2. The van der Waals surface area contributed by atoms with Gasteiger partial charge in [0.2, 0.25) is 5.91 Å². The Morgan fingerprint density at radius 2 is 2.15 bits per heavy atom. The Kier molecular flexibility index (Phi) is 4.53. The third-order valence-electron chi connectivity index (χ3n) is 5.65. The van der Waals surface area contributed by atoms with Gasteiger partial charge in [0, 0.05) is 37.3 Å². The van der Waals surface area contributed by atoms with Gasteiger partial charge < -0.3 is 10.2 Å². The Morgan fingerprint density at radius 1 is 1.33 bits per heavy atom. The molecule has 4 heterocycles. The van der Waals surface area contributed by atoms with E-state index in [1.165, 1.54) is 0 Å². The summed E-state index contributed by atoms with van der Waals surface area (Å²) in [5, 5.41) is 12.6. The van der Waals surface area contributed by atoms with Crippen LogP contribution < -0.4 is 16.2 Å². The molecule has 1 aromatic rings. The molecule has 1 amide bonds. The molecule has 3 aliphatic rings. The van der Waals surface area contributed by atoms with Crippen molar-refractivity contribution in [2.24, 2.45) is 5.92 Å². The van der Waals surface area contributed by atoms with Crippen LogP contribution in [-0.2, 0) is 4.79 Å². The first-order valence-corrected chi connectivity index (χ1v) is 8.83. The minimum absolute atomic E-state index is 0.239. The summed E-state index contributed by atoms with van der Waals surface area (Å²) in [5.41, 5.74) is 6.91. The standard InChI is InChI=1S/C17H19F3N6O/c18-17(19,20)8-26-12-4-10(13-9(5-21)2-1-3-22-13)6-23-15(12)14-11(16(26)27)7-24-25-14/h1-3,10-12,14-15,23-25H,4,6-8H2. The fraction of sp³-hybridized carbons (Fsp3) is 0.588. The van der Waals surface area contributed by atoms with Gasteiger partial charge in [0.05, 0.1) is 23.2 Å². The number of nitrogens with one attached hydrogen (secondary N) is 3. The molecule has 0 aliphatic carbocycles. The molecule has 144 valence electrons. The number of nitriles is 1. The number of pyridine rings is 1. The van der Waals surface area contributed by atoms with Gasteiger partial charge in [-0.25, -0.2) is 0 Å². The first kappa shape index (κ1) is 18.2. The highest BCUT2D eigenvalue weighted by Gasteiger charge is 2.54. The summed E-state index contributed by atoms with van der Waals surface area (Å²) in [6, 6.07) is 4.21. The Bertz CT molecular complexity index is 779. The number of nitrogens with zero attached hydrogens (tertiary/aromatic N) is 3. The summed E-state index contributed by atoms with van der Waals surface area (Å²) in [4.78, 5) is 18.0. The van der Waals surface area contributed by atoms with E-state index in [1.807, 2.05) is 0 Å².